The molecule has 1 aromatic heterocycles. The highest BCUT2D eigenvalue weighted by Crippen LogP contribution is 2.68. The molecule has 0 amide bonds. The van der Waals surface area contributed by atoms with Gasteiger partial charge in [0.1, 0.15) is 11.9 Å². The number of Topliss-reactive ketones (excluding diaryl/α,β-unsaturated/α-hetero) is 1. The molecule has 0 spiro atoms. The Morgan fingerprint density at radius 3 is 2.70 bits per heavy atom. The number of hydrogen-bond donors (Lipinski definition) is 2. The van der Waals surface area contributed by atoms with Gasteiger partial charge in [-0.05, 0) is 68.9 Å². The lowest BCUT2D eigenvalue weighted by molar-refractivity contribution is -0.206. The molecule has 5 rings (SSSR count). The van der Waals surface area contributed by atoms with Gasteiger partial charge in [-0.15, -0.1) is 17.9 Å². The van der Waals surface area contributed by atoms with E-state index in [4.69, 9.17) is 9.72 Å². The van der Waals surface area contributed by atoms with Crippen LogP contribution >= 0.6 is 11.3 Å². The first-order valence-corrected chi connectivity index (χ1v) is 15.1. The zero-order valence-electron chi connectivity index (χ0n) is 22.9. The summed E-state index contributed by atoms with van der Waals surface area (Å²) in [7, 11) is 0. The molecular formula is C30H44N2O4S. The van der Waals surface area contributed by atoms with Crippen LogP contribution in [-0.2, 0) is 20.7 Å². The summed E-state index contributed by atoms with van der Waals surface area (Å²) in [6, 6.07) is 0. The first-order valence-electron chi connectivity index (χ1n) is 14.2. The molecule has 3 aliphatic carbocycles. The highest BCUT2D eigenvalue weighted by atomic mass is 32.1. The number of aliphatic hydroxyl groups is 1. The smallest absolute Gasteiger partial charge is 0.312 e. The van der Waals surface area contributed by atoms with Gasteiger partial charge in [0.15, 0.2) is 0 Å². The number of nitrogens with zero attached hydrogens (tertiary/aromatic N) is 1. The number of aliphatic hydroxyl groups excluding tert-OH is 1. The third kappa shape index (κ3) is 4.33. The van der Waals surface area contributed by atoms with E-state index in [-0.39, 0.29) is 41.3 Å². The average molecular weight is 529 g/mol. The quantitative estimate of drug-likeness (QED) is 0.410. The Balaban J connectivity index is 1.44. The minimum Gasteiger partial charge on any atom is -0.461 e. The van der Waals surface area contributed by atoms with E-state index in [0.717, 1.165) is 55.9 Å². The van der Waals surface area contributed by atoms with E-state index in [0.29, 0.717) is 18.8 Å². The zero-order chi connectivity index (χ0) is 26.6. The number of carbonyl (C=O) groups excluding carboxylic acids is 2. The van der Waals surface area contributed by atoms with Crippen molar-refractivity contribution in [3.8, 4) is 0 Å². The number of nitrogens with one attached hydrogen (secondary N) is 1. The van der Waals surface area contributed by atoms with Crippen molar-refractivity contribution >= 4 is 23.1 Å². The van der Waals surface area contributed by atoms with Crippen molar-refractivity contribution < 1.29 is 19.4 Å². The van der Waals surface area contributed by atoms with Crippen LogP contribution in [0.4, 0.5) is 0 Å². The second-order valence-corrected chi connectivity index (χ2v) is 13.8. The number of hydrogen-bond acceptors (Lipinski definition) is 7. The van der Waals surface area contributed by atoms with Crippen LogP contribution in [0.3, 0.4) is 0 Å². The topological polar surface area (TPSA) is 88.5 Å². The summed E-state index contributed by atoms with van der Waals surface area (Å²) in [4.78, 5) is 31.8. The van der Waals surface area contributed by atoms with Crippen molar-refractivity contribution in [2.24, 2.45) is 34.0 Å². The summed E-state index contributed by atoms with van der Waals surface area (Å²) < 4.78 is 6.38. The lowest BCUT2D eigenvalue weighted by Crippen LogP contribution is -2.63. The number of esters is 1. The first kappa shape index (κ1) is 27.0. The molecule has 0 aromatic carbocycles. The maximum absolute atomic E-state index is 13.5. The summed E-state index contributed by atoms with van der Waals surface area (Å²) in [6.45, 7) is 14.7. The first-order chi connectivity index (χ1) is 17.5. The van der Waals surface area contributed by atoms with Crippen LogP contribution in [0.5, 0.6) is 0 Å². The highest BCUT2D eigenvalue weighted by molar-refractivity contribution is 7.09. The van der Waals surface area contributed by atoms with Crippen molar-refractivity contribution in [3.63, 3.8) is 0 Å². The van der Waals surface area contributed by atoms with E-state index in [1.807, 2.05) is 18.4 Å². The molecule has 3 saturated carbocycles. The van der Waals surface area contributed by atoms with Gasteiger partial charge in [-0.25, -0.2) is 4.98 Å². The van der Waals surface area contributed by atoms with Crippen LogP contribution in [0.1, 0.15) is 89.3 Å². The molecular weight excluding hydrogens is 484 g/mol. The molecule has 4 aliphatic rings. The highest BCUT2D eigenvalue weighted by Gasteiger charge is 2.68. The van der Waals surface area contributed by atoms with Crippen molar-refractivity contribution in [2.45, 2.75) is 97.2 Å². The van der Waals surface area contributed by atoms with Crippen molar-refractivity contribution in [3.05, 3.63) is 28.7 Å². The van der Waals surface area contributed by atoms with Crippen LogP contribution in [0, 0.1) is 34.0 Å². The molecule has 37 heavy (non-hydrogen) atoms. The van der Waals surface area contributed by atoms with Gasteiger partial charge in [0.05, 0.1) is 23.2 Å². The van der Waals surface area contributed by atoms with Gasteiger partial charge < -0.3 is 15.2 Å². The van der Waals surface area contributed by atoms with Crippen molar-refractivity contribution in [1.29, 1.82) is 0 Å². The molecule has 1 saturated heterocycles. The van der Waals surface area contributed by atoms with Gasteiger partial charge in [-0.1, -0.05) is 33.8 Å². The normalized spacial score (nSPS) is 42.5. The Bertz CT molecular complexity index is 1050. The third-order valence-electron chi connectivity index (χ3n) is 11.2. The van der Waals surface area contributed by atoms with Crippen molar-refractivity contribution in [1.82, 2.24) is 10.3 Å². The summed E-state index contributed by atoms with van der Waals surface area (Å²) in [5, 5.41) is 18.2. The largest absolute Gasteiger partial charge is 0.461 e. The van der Waals surface area contributed by atoms with Gasteiger partial charge >= 0.3 is 5.97 Å². The molecule has 3 unspecified atom stereocenters. The third-order valence-corrected chi connectivity index (χ3v) is 12.2. The van der Waals surface area contributed by atoms with Gasteiger partial charge in [-0.3, -0.25) is 9.59 Å². The molecule has 2 heterocycles. The number of carbonyl (C=O) groups is 2. The Kier molecular flexibility index (Phi) is 7.21. The van der Waals surface area contributed by atoms with Gasteiger partial charge in [0.2, 0.25) is 0 Å². The minimum absolute atomic E-state index is 0.0289. The van der Waals surface area contributed by atoms with Gasteiger partial charge in [0.25, 0.3) is 0 Å². The summed E-state index contributed by atoms with van der Waals surface area (Å²) in [5.41, 5.74) is -0.591. The van der Waals surface area contributed by atoms with Crippen LogP contribution in [0.25, 0.3) is 0 Å². The van der Waals surface area contributed by atoms with E-state index < -0.39 is 23.0 Å². The fourth-order valence-corrected chi connectivity index (χ4v) is 9.50. The van der Waals surface area contributed by atoms with E-state index in [1.165, 1.54) is 0 Å². The predicted octanol–water partition coefficient (Wildman–Crippen LogP) is 5.06. The molecule has 7 heteroatoms. The monoisotopic (exact) mass is 528 g/mol. The predicted molar refractivity (Wildman–Crippen MR) is 145 cm³/mol. The molecule has 6 nitrogen and oxygen atoms in total. The molecule has 1 aromatic rings. The van der Waals surface area contributed by atoms with E-state index in [9.17, 15) is 14.7 Å². The van der Waals surface area contributed by atoms with Gasteiger partial charge in [0, 0.05) is 34.5 Å². The molecule has 4 fully saturated rings. The zero-order valence-corrected chi connectivity index (χ0v) is 23.7. The molecule has 0 radical (unpaired) electrons. The van der Waals surface area contributed by atoms with Crippen LogP contribution in [0.2, 0.25) is 0 Å². The Hall–Kier alpha value is -1.57. The molecule has 2 bridgehead atoms. The van der Waals surface area contributed by atoms with E-state index in [2.05, 4.69) is 32.7 Å². The Morgan fingerprint density at radius 1 is 1.27 bits per heavy atom. The Morgan fingerprint density at radius 2 is 2.00 bits per heavy atom. The lowest BCUT2D eigenvalue weighted by atomic mass is 9.44. The van der Waals surface area contributed by atoms with Crippen LogP contribution < -0.4 is 5.32 Å². The lowest BCUT2D eigenvalue weighted by Gasteiger charge is -2.61. The second kappa shape index (κ2) is 9.87. The Labute approximate surface area is 225 Å². The average Bonchev–Trinajstić information content (AvgIpc) is 3.50. The number of piperidine rings is 1. The maximum atomic E-state index is 13.5. The fraction of sp³-hybridized carbons (Fsp3) is 0.767. The molecule has 204 valence electrons. The van der Waals surface area contributed by atoms with E-state index >= 15 is 0 Å². The second-order valence-electron chi connectivity index (χ2n) is 12.9. The number of rotatable bonds is 5. The summed E-state index contributed by atoms with van der Waals surface area (Å²) in [5.74, 6) is 0.444. The number of aromatic nitrogens is 1. The number of ketones is 1. The summed E-state index contributed by atoms with van der Waals surface area (Å²) in [6.07, 6.45) is 6.74. The maximum Gasteiger partial charge on any atom is 0.312 e. The minimum atomic E-state index is -0.649. The van der Waals surface area contributed by atoms with E-state index in [1.54, 1.807) is 11.3 Å². The van der Waals surface area contributed by atoms with Crippen LogP contribution in [0.15, 0.2) is 18.0 Å². The molecule has 2 N–H and O–H groups in total. The summed E-state index contributed by atoms with van der Waals surface area (Å²) >= 11 is 1.64. The van der Waals surface area contributed by atoms with Gasteiger partial charge in [-0.2, -0.15) is 0 Å². The standard InChI is InChI=1S/C30H44N2O4S/c1-6-28(4)16-23(36-24(34)15-21-17-37-27(32-21)20-9-13-31-14-10-20)29(5)18(2)7-11-30(19(3)26(28)35)12-8-22(33)25(29)30/h6,17-20,23,25-26,31,35H,1,7-16H2,2-5H3/t18?,19-,23+,25?,26-,28+,29-,30?/m0/s1. The molecule has 8 atom stereocenters. The molecule has 1 aliphatic heterocycles. The number of ether oxygens (including phenoxy) is 1. The van der Waals surface area contributed by atoms with Crippen molar-refractivity contribution in [2.75, 3.05) is 13.1 Å². The SMILES string of the molecule is C=C[C@]1(C)C[C@@H](OC(=O)Cc2csc(C3CCNCC3)n2)[C@]2(C)C(C)CCC3(CCC(=O)C32)[C@@H](C)[C@@H]1O. The van der Waals surface area contributed by atoms with Crippen LogP contribution in [-0.4, -0.2) is 47.1 Å². The number of thiazole rings is 1. The fourth-order valence-electron chi connectivity index (χ4n) is 8.51.